The van der Waals surface area contributed by atoms with Crippen LogP contribution in [0.25, 0.3) is 0 Å². The van der Waals surface area contributed by atoms with Crippen LogP contribution in [0.1, 0.15) is 6.42 Å². The molecule has 7 heteroatoms. The predicted molar refractivity (Wildman–Crippen MR) is 82.2 cm³/mol. The van der Waals surface area contributed by atoms with Gasteiger partial charge >= 0.3 is 5.69 Å². The van der Waals surface area contributed by atoms with E-state index in [-0.39, 0.29) is 5.69 Å². The van der Waals surface area contributed by atoms with Crippen LogP contribution in [0.2, 0.25) is 0 Å². The summed E-state index contributed by atoms with van der Waals surface area (Å²) in [5, 5.41) is 10.8. The lowest BCUT2D eigenvalue weighted by Crippen LogP contribution is -2.36. The molecule has 0 atom stereocenters. The number of morpholine rings is 1. The van der Waals surface area contributed by atoms with Crippen LogP contribution in [0.4, 0.5) is 5.69 Å². The third-order valence-electron chi connectivity index (χ3n) is 3.34. The van der Waals surface area contributed by atoms with Crippen molar-refractivity contribution in [1.29, 1.82) is 0 Å². The average Bonchev–Trinajstić information content (AvgIpc) is 2.52. The lowest BCUT2D eigenvalue weighted by molar-refractivity contribution is -0.385. The van der Waals surface area contributed by atoms with E-state index in [0.717, 1.165) is 49.9 Å². The van der Waals surface area contributed by atoms with Crippen LogP contribution in [0.15, 0.2) is 23.1 Å². The van der Waals surface area contributed by atoms with Crippen molar-refractivity contribution in [3.63, 3.8) is 0 Å². The maximum absolute atomic E-state index is 10.8. The zero-order valence-corrected chi connectivity index (χ0v) is 12.9. The Hall–Kier alpha value is -1.31. The summed E-state index contributed by atoms with van der Waals surface area (Å²) in [7, 11) is 1.45. The average molecular weight is 312 g/mol. The number of rotatable bonds is 7. The number of methoxy groups -OCH3 is 1. The molecule has 1 aliphatic heterocycles. The molecule has 1 aromatic carbocycles. The van der Waals surface area contributed by atoms with Gasteiger partial charge in [-0.25, -0.2) is 0 Å². The van der Waals surface area contributed by atoms with Gasteiger partial charge in [0.1, 0.15) is 0 Å². The van der Waals surface area contributed by atoms with Crippen molar-refractivity contribution in [3.05, 3.63) is 28.3 Å². The molecule has 1 fully saturated rings. The van der Waals surface area contributed by atoms with Gasteiger partial charge in [0.25, 0.3) is 0 Å². The van der Waals surface area contributed by atoms with Gasteiger partial charge in [-0.15, -0.1) is 11.8 Å². The van der Waals surface area contributed by atoms with E-state index >= 15 is 0 Å². The molecule has 0 spiro atoms. The van der Waals surface area contributed by atoms with Crippen molar-refractivity contribution in [2.24, 2.45) is 0 Å². The van der Waals surface area contributed by atoms with Crippen LogP contribution in [0, 0.1) is 10.1 Å². The number of ether oxygens (including phenoxy) is 2. The highest BCUT2D eigenvalue weighted by Gasteiger charge is 2.15. The molecule has 0 amide bonds. The van der Waals surface area contributed by atoms with Gasteiger partial charge in [-0.2, -0.15) is 0 Å². The van der Waals surface area contributed by atoms with Crippen molar-refractivity contribution in [1.82, 2.24) is 4.90 Å². The maximum atomic E-state index is 10.8. The Kier molecular flexibility index (Phi) is 6.28. The summed E-state index contributed by atoms with van der Waals surface area (Å²) in [5.41, 5.74) is 0.00941. The normalized spacial score (nSPS) is 15.9. The van der Waals surface area contributed by atoms with Crippen molar-refractivity contribution in [3.8, 4) is 5.75 Å². The van der Waals surface area contributed by atoms with E-state index in [1.807, 2.05) is 0 Å². The third kappa shape index (κ3) is 4.87. The van der Waals surface area contributed by atoms with Crippen LogP contribution < -0.4 is 4.74 Å². The lowest BCUT2D eigenvalue weighted by atomic mass is 10.3. The number of thioether (sulfide) groups is 1. The summed E-state index contributed by atoms with van der Waals surface area (Å²) in [6.07, 6.45) is 1.09. The molecule has 6 nitrogen and oxygen atoms in total. The summed E-state index contributed by atoms with van der Waals surface area (Å²) in [5.74, 6) is 1.30. The van der Waals surface area contributed by atoms with E-state index in [9.17, 15) is 10.1 Å². The number of hydrogen-bond donors (Lipinski definition) is 0. The van der Waals surface area contributed by atoms with Gasteiger partial charge in [-0.3, -0.25) is 15.0 Å². The first-order valence-corrected chi connectivity index (χ1v) is 7.94. The highest BCUT2D eigenvalue weighted by atomic mass is 32.2. The summed E-state index contributed by atoms with van der Waals surface area (Å²) >= 11 is 1.70. The molecule has 21 heavy (non-hydrogen) atoms. The molecule has 2 rings (SSSR count). The molecule has 0 bridgehead atoms. The Morgan fingerprint density at radius 2 is 2.19 bits per heavy atom. The number of nitro benzene ring substituents is 1. The molecule has 1 saturated heterocycles. The molecule has 0 N–H and O–H groups in total. The quantitative estimate of drug-likeness (QED) is 0.333. The van der Waals surface area contributed by atoms with Crippen molar-refractivity contribution in [2.75, 3.05) is 45.7 Å². The fourth-order valence-electron chi connectivity index (χ4n) is 2.20. The summed E-state index contributed by atoms with van der Waals surface area (Å²) in [6.45, 7) is 4.74. The second-order valence-corrected chi connectivity index (χ2v) is 5.92. The number of benzene rings is 1. The molecular formula is C14H20N2O4S. The minimum absolute atomic E-state index is 0.00941. The van der Waals surface area contributed by atoms with Gasteiger partial charge in [-0.05, 0) is 24.8 Å². The molecule has 1 aliphatic rings. The van der Waals surface area contributed by atoms with Crippen LogP contribution >= 0.6 is 11.8 Å². The highest BCUT2D eigenvalue weighted by Crippen LogP contribution is 2.31. The van der Waals surface area contributed by atoms with Crippen LogP contribution in [0.5, 0.6) is 5.75 Å². The highest BCUT2D eigenvalue weighted by molar-refractivity contribution is 7.99. The maximum Gasteiger partial charge on any atom is 0.310 e. The topological polar surface area (TPSA) is 64.8 Å². The molecule has 1 aromatic rings. The van der Waals surface area contributed by atoms with E-state index < -0.39 is 4.92 Å². The Morgan fingerprint density at radius 3 is 2.86 bits per heavy atom. The van der Waals surface area contributed by atoms with E-state index in [2.05, 4.69) is 4.90 Å². The Morgan fingerprint density at radius 1 is 1.43 bits per heavy atom. The van der Waals surface area contributed by atoms with Crippen LogP contribution in [-0.2, 0) is 4.74 Å². The zero-order valence-electron chi connectivity index (χ0n) is 12.1. The van der Waals surface area contributed by atoms with E-state index in [1.165, 1.54) is 13.2 Å². The lowest BCUT2D eigenvalue weighted by Gasteiger charge is -2.26. The van der Waals surface area contributed by atoms with Crippen LogP contribution in [0.3, 0.4) is 0 Å². The van der Waals surface area contributed by atoms with Crippen LogP contribution in [-0.4, -0.2) is 55.5 Å². The molecule has 0 saturated carbocycles. The number of hydrogen-bond acceptors (Lipinski definition) is 6. The second kappa shape index (κ2) is 8.21. The first kappa shape index (κ1) is 16.1. The Bertz CT molecular complexity index is 478. The zero-order chi connectivity index (χ0) is 15.1. The van der Waals surface area contributed by atoms with Gasteiger partial charge in [0.15, 0.2) is 5.75 Å². The predicted octanol–water partition coefficient (Wildman–Crippen LogP) is 2.42. The second-order valence-electron chi connectivity index (χ2n) is 4.75. The first-order chi connectivity index (χ1) is 10.2. The Balaban J connectivity index is 1.78. The monoisotopic (exact) mass is 312 g/mol. The molecule has 1 heterocycles. The molecule has 0 aliphatic carbocycles. The van der Waals surface area contributed by atoms with Gasteiger partial charge < -0.3 is 9.47 Å². The molecule has 116 valence electrons. The fourth-order valence-corrected chi connectivity index (χ4v) is 3.07. The summed E-state index contributed by atoms with van der Waals surface area (Å²) < 4.78 is 10.4. The van der Waals surface area contributed by atoms with Gasteiger partial charge in [0.2, 0.25) is 0 Å². The molecule has 0 unspecified atom stereocenters. The van der Waals surface area contributed by atoms with E-state index in [4.69, 9.17) is 9.47 Å². The van der Waals surface area contributed by atoms with Gasteiger partial charge in [-0.1, -0.05) is 0 Å². The Labute approximate surface area is 128 Å². The van der Waals surface area contributed by atoms with Gasteiger partial charge in [0.05, 0.1) is 25.2 Å². The molecular weight excluding hydrogens is 292 g/mol. The molecule has 0 aromatic heterocycles. The fraction of sp³-hybridized carbons (Fsp3) is 0.571. The summed E-state index contributed by atoms with van der Waals surface area (Å²) in [4.78, 5) is 13.8. The SMILES string of the molecule is COc1cc(SCCCN2CCOCC2)ccc1[N+](=O)[O-]. The standard InChI is InChI=1S/C14H20N2O4S/c1-19-14-11-12(3-4-13(14)16(17)18)21-10-2-5-15-6-8-20-9-7-15/h3-4,11H,2,5-10H2,1H3. The smallest absolute Gasteiger partial charge is 0.310 e. The minimum atomic E-state index is -0.425. The minimum Gasteiger partial charge on any atom is -0.490 e. The van der Waals surface area contributed by atoms with E-state index in [1.54, 1.807) is 23.9 Å². The first-order valence-electron chi connectivity index (χ1n) is 6.96. The van der Waals surface area contributed by atoms with Crippen molar-refractivity contribution >= 4 is 17.4 Å². The number of nitrogens with zero attached hydrogens (tertiary/aromatic N) is 2. The van der Waals surface area contributed by atoms with Gasteiger partial charge in [0, 0.05) is 30.1 Å². The van der Waals surface area contributed by atoms with Crippen molar-refractivity contribution < 1.29 is 14.4 Å². The molecule has 0 radical (unpaired) electrons. The third-order valence-corrected chi connectivity index (χ3v) is 4.42. The van der Waals surface area contributed by atoms with Crippen molar-refractivity contribution in [2.45, 2.75) is 11.3 Å². The van der Waals surface area contributed by atoms with E-state index in [0.29, 0.717) is 5.75 Å². The summed E-state index contributed by atoms with van der Waals surface area (Å²) in [6, 6.07) is 5.01. The number of nitro groups is 1. The largest absolute Gasteiger partial charge is 0.490 e.